The highest BCUT2D eigenvalue weighted by molar-refractivity contribution is 5.83. The molecule has 0 bridgehead atoms. The van der Waals surface area contributed by atoms with Crippen LogP contribution in [0.4, 0.5) is 0 Å². The molecule has 0 saturated carbocycles. The molecular formula is C19H20N4O4. The number of ether oxygens (including phenoxy) is 2. The molecule has 1 amide bonds. The van der Waals surface area contributed by atoms with Crippen molar-refractivity contribution < 1.29 is 19.1 Å². The van der Waals surface area contributed by atoms with Crippen LogP contribution in [0.15, 0.2) is 48.5 Å². The van der Waals surface area contributed by atoms with Gasteiger partial charge in [-0.25, -0.2) is 4.68 Å². The number of amides is 1. The number of para-hydroxylation sites is 1. The summed E-state index contributed by atoms with van der Waals surface area (Å²) in [5, 5.41) is 10.6. The maximum Gasteiger partial charge on any atom is 0.328 e. The largest absolute Gasteiger partial charge is 0.497 e. The summed E-state index contributed by atoms with van der Waals surface area (Å²) in [4.78, 5) is 24.3. The van der Waals surface area contributed by atoms with Crippen molar-refractivity contribution in [3.05, 3.63) is 54.1 Å². The van der Waals surface area contributed by atoms with Crippen molar-refractivity contribution in [1.82, 2.24) is 20.3 Å². The van der Waals surface area contributed by atoms with Gasteiger partial charge in [-0.05, 0) is 36.8 Å². The number of benzene rings is 2. The van der Waals surface area contributed by atoms with Gasteiger partial charge in [-0.2, -0.15) is 0 Å². The quantitative estimate of drug-likeness (QED) is 0.638. The average Bonchev–Trinajstić information content (AvgIpc) is 3.09. The number of fused-ring (bicyclic) bond motifs is 1. The molecule has 0 spiro atoms. The van der Waals surface area contributed by atoms with Crippen molar-refractivity contribution in [1.29, 1.82) is 0 Å². The minimum absolute atomic E-state index is 0.114. The summed E-state index contributed by atoms with van der Waals surface area (Å²) >= 11 is 0. The first-order chi connectivity index (χ1) is 13.1. The highest BCUT2D eigenvalue weighted by Crippen LogP contribution is 2.11. The van der Waals surface area contributed by atoms with E-state index in [1.165, 1.54) is 11.6 Å². The van der Waals surface area contributed by atoms with Crippen LogP contribution in [0.25, 0.3) is 11.0 Å². The molecule has 0 saturated heterocycles. The van der Waals surface area contributed by atoms with Gasteiger partial charge in [-0.3, -0.25) is 9.59 Å². The predicted molar refractivity (Wildman–Crippen MR) is 97.9 cm³/mol. The van der Waals surface area contributed by atoms with Gasteiger partial charge in [0.15, 0.2) is 6.10 Å². The number of aromatic nitrogens is 3. The third kappa shape index (κ3) is 4.60. The Morgan fingerprint density at radius 2 is 1.89 bits per heavy atom. The molecule has 0 aliphatic carbocycles. The summed E-state index contributed by atoms with van der Waals surface area (Å²) in [5.74, 6) is -0.187. The second-order valence-electron chi connectivity index (χ2n) is 5.93. The van der Waals surface area contributed by atoms with Gasteiger partial charge in [0.1, 0.15) is 17.8 Å². The normalized spacial score (nSPS) is 11.8. The number of hydrogen-bond donors (Lipinski definition) is 1. The lowest BCUT2D eigenvalue weighted by Gasteiger charge is -2.14. The second kappa shape index (κ2) is 8.31. The van der Waals surface area contributed by atoms with Crippen molar-refractivity contribution in [2.24, 2.45) is 0 Å². The summed E-state index contributed by atoms with van der Waals surface area (Å²) in [7, 11) is 1.59. The van der Waals surface area contributed by atoms with Crippen LogP contribution in [0.2, 0.25) is 0 Å². The number of carbonyl (C=O) groups is 2. The molecule has 0 aliphatic heterocycles. The molecule has 0 aliphatic rings. The Bertz CT molecular complexity index is 936. The van der Waals surface area contributed by atoms with Crippen molar-refractivity contribution in [2.75, 3.05) is 7.11 Å². The minimum Gasteiger partial charge on any atom is -0.497 e. The van der Waals surface area contributed by atoms with E-state index in [2.05, 4.69) is 15.6 Å². The number of nitrogens with zero attached hydrogens (tertiary/aromatic N) is 3. The Hall–Kier alpha value is -3.42. The van der Waals surface area contributed by atoms with E-state index in [1.807, 2.05) is 42.5 Å². The summed E-state index contributed by atoms with van der Waals surface area (Å²) in [6.45, 7) is 1.75. The zero-order valence-electron chi connectivity index (χ0n) is 15.1. The van der Waals surface area contributed by atoms with Gasteiger partial charge >= 0.3 is 5.97 Å². The summed E-state index contributed by atoms with van der Waals surface area (Å²) in [6.07, 6.45) is -0.912. The smallest absolute Gasteiger partial charge is 0.328 e. The fourth-order valence-electron chi connectivity index (χ4n) is 2.52. The topological polar surface area (TPSA) is 95.3 Å². The molecular weight excluding hydrogens is 348 g/mol. The van der Waals surface area contributed by atoms with E-state index in [0.29, 0.717) is 12.1 Å². The van der Waals surface area contributed by atoms with Gasteiger partial charge < -0.3 is 14.8 Å². The molecule has 3 aromatic rings. The van der Waals surface area contributed by atoms with Gasteiger partial charge in [-0.1, -0.05) is 29.5 Å². The molecule has 1 unspecified atom stereocenters. The molecule has 8 nitrogen and oxygen atoms in total. The molecule has 1 heterocycles. The van der Waals surface area contributed by atoms with E-state index in [9.17, 15) is 9.59 Å². The van der Waals surface area contributed by atoms with Crippen LogP contribution in [0.1, 0.15) is 12.5 Å². The van der Waals surface area contributed by atoms with Gasteiger partial charge in [0, 0.05) is 6.54 Å². The number of carbonyl (C=O) groups excluding carboxylic acids is 2. The van der Waals surface area contributed by atoms with Crippen molar-refractivity contribution in [3.8, 4) is 5.75 Å². The van der Waals surface area contributed by atoms with Gasteiger partial charge in [0.05, 0.1) is 12.6 Å². The van der Waals surface area contributed by atoms with E-state index < -0.39 is 12.1 Å². The maximum atomic E-state index is 12.1. The van der Waals surface area contributed by atoms with E-state index in [4.69, 9.17) is 9.47 Å². The molecule has 1 aromatic heterocycles. The minimum atomic E-state index is -0.912. The first kappa shape index (κ1) is 18.4. The fourth-order valence-corrected chi connectivity index (χ4v) is 2.52. The lowest BCUT2D eigenvalue weighted by molar-refractivity contribution is -0.155. The average molecular weight is 368 g/mol. The molecule has 2 aromatic carbocycles. The number of hydrogen-bond acceptors (Lipinski definition) is 6. The third-order valence-corrected chi connectivity index (χ3v) is 4.00. The lowest BCUT2D eigenvalue weighted by Crippen LogP contribution is -2.36. The summed E-state index contributed by atoms with van der Waals surface area (Å²) in [5.41, 5.74) is 2.33. The maximum absolute atomic E-state index is 12.1. The first-order valence-corrected chi connectivity index (χ1v) is 8.45. The highest BCUT2D eigenvalue weighted by atomic mass is 16.5. The molecule has 140 valence electrons. The number of methoxy groups -OCH3 is 1. The van der Waals surface area contributed by atoms with E-state index >= 15 is 0 Å². The number of esters is 1. The molecule has 0 fully saturated rings. The lowest BCUT2D eigenvalue weighted by atomic mass is 10.2. The van der Waals surface area contributed by atoms with Crippen LogP contribution in [0, 0.1) is 0 Å². The Labute approximate surface area is 156 Å². The number of nitrogens with one attached hydrogen (secondary N) is 1. The highest BCUT2D eigenvalue weighted by Gasteiger charge is 2.18. The van der Waals surface area contributed by atoms with Crippen LogP contribution in [0.3, 0.4) is 0 Å². The van der Waals surface area contributed by atoms with Gasteiger partial charge in [-0.15, -0.1) is 5.10 Å². The number of rotatable bonds is 7. The van der Waals surface area contributed by atoms with E-state index in [1.54, 1.807) is 13.2 Å². The predicted octanol–water partition coefficient (Wildman–Crippen LogP) is 1.69. The fraction of sp³-hybridized carbons (Fsp3) is 0.263. The van der Waals surface area contributed by atoms with Crippen LogP contribution in [-0.4, -0.2) is 40.1 Å². The van der Waals surface area contributed by atoms with Gasteiger partial charge in [0.25, 0.3) is 5.91 Å². The molecule has 27 heavy (non-hydrogen) atoms. The first-order valence-electron chi connectivity index (χ1n) is 8.45. The van der Waals surface area contributed by atoms with Crippen LogP contribution in [-0.2, 0) is 27.4 Å². The van der Waals surface area contributed by atoms with Crippen molar-refractivity contribution in [3.63, 3.8) is 0 Å². The molecule has 1 atom stereocenters. The molecule has 0 radical (unpaired) electrons. The Morgan fingerprint density at radius 1 is 1.15 bits per heavy atom. The van der Waals surface area contributed by atoms with Crippen LogP contribution in [0.5, 0.6) is 5.75 Å². The molecule has 3 rings (SSSR count). The summed E-state index contributed by atoms with van der Waals surface area (Å²) < 4.78 is 11.7. The Morgan fingerprint density at radius 3 is 2.63 bits per heavy atom. The third-order valence-electron chi connectivity index (χ3n) is 4.00. The monoisotopic (exact) mass is 368 g/mol. The summed E-state index contributed by atoms with van der Waals surface area (Å²) in [6, 6.07) is 14.6. The van der Waals surface area contributed by atoms with Crippen LogP contribution >= 0.6 is 0 Å². The zero-order valence-corrected chi connectivity index (χ0v) is 15.1. The van der Waals surface area contributed by atoms with Crippen LogP contribution < -0.4 is 10.1 Å². The molecule has 8 heteroatoms. The van der Waals surface area contributed by atoms with E-state index in [0.717, 1.165) is 16.8 Å². The zero-order chi connectivity index (χ0) is 19.2. The van der Waals surface area contributed by atoms with Crippen molar-refractivity contribution in [2.45, 2.75) is 26.1 Å². The Balaban J connectivity index is 1.50. The van der Waals surface area contributed by atoms with Crippen molar-refractivity contribution >= 4 is 22.9 Å². The second-order valence-corrected chi connectivity index (χ2v) is 5.93. The van der Waals surface area contributed by atoms with Gasteiger partial charge in [0.2, 0.25) is 0 Å². The Kier molecular flexibility index (Phi) is 5.65. The van der Waals surface area contributed by atoms with E-state index in [-0.39, 0.29) is 12.5 Å². The SMILES string of the molecule is COc1ccc(CNC(=O)C(C)OC(=O)Cn2nnc3ccccc32)cc1. The standard InChI is InChI=1S/C19H20N4O4/c1-13(19(25)20-11-14-7-9-15(26-2)10-8-14)27-18(24)12-23-17-6-4-3-5-16(17)21-22-23/h3-10,13H,11-12H2,1-2H3,(H,20,25). The molecule has 1 N–H and O–H groups in total.